The SMILES string of the molecule is CC(C)n1c(-c2cccc([N+](=O)[O-])c2)n[nH]c1=S. The summed E-state index contributed by atoms with van der Waals surface area (Å²) in [6, 6.07) is 6.48. The van der Waals surface area contributed by atoms with Gasteiger partial charge in [-0.15, -0.1) is 0 Å². The zero-order valence-corrected chi connectivity index (χ0v) is 10.8. The van der Waals surface area contributed by atoms with Gasteiger partial charge in [-0.3, -0.25) is 19.8 Å². The highest BCUT2D eigenvalue weighted by atomic mass is 32.1. The van der Waals surface area contributed by atoms with Gasteiger partial charge >= 0.3 is 0 Å². The van der Waals surface area contributed by atoms with Crippen molar-refractivity contribution < 1.29 is 4.92 Å². The molecule has 18 heavy (non-hydrogen) atoms. The van der Waals surface area contributed by atoms with Gasteiger partial charge in [0.05, 0.1) is 4.92 Å². The summed E-state index contributed by atoms with van der Waals surface area (Å²) in [5, 5.41) is 17.6. The van der Waals surface area contributed by atoms with Gasteiger partial charge in [-0.05, 0) is 26.1 Å². The van der Waals surface area contributed by atoms with E-state index in [0.717, 1.165) is 0 Å². The molecule has 0 aliphatic rings. The number of non-ortho nitro benzene ring substituents is 1. The number of rotatable bonds is 3. The van der Waals surface area contributed by atoms with E-state index in [1.165, 1.54) is 12.1 Å². The molecule has 6 nitrogen and oxygen atoms in total. The molecule has 2 aromatic rings. The van der Waals surface area contributed by atoms with Crippen LogP contribution in [-0.2, 0) is 0 Å². The van der Waals surface area contributed by atoms with Crippen LogP contribution in [0.15, 0.2) is 24.3 Å². The molecule has 0 atom stereocenters. The molecule has 0 amide bonds. The van der Waals surface area contributed by atoms with Crippen LogP contribution < -0.4 is 0 Å². The maximum atomic E-state index is 10.8. The van der Waals surface area contributed by atoms with Crippen molar-refractivity contribution in [2.45, 2.75) is 19.9 Å². The highest BCUT2D eigenvalue weighted by Crippen LogP contribution is 2.24. The summed E-state index contributed by atoms with van der Waals surface area (Å²) < 4.78 is 2.33. The van der Waals surface area contributed by atoms with E-state index in [1.807, 2.05) is 18.4 Å². The molecule has 0 aliphatic carbocycles. The number of nitro groups is 1. The summed E-state index contributed by atoms with van der Waals surface area (Å²) in [5.41, 5.74) is 0.710. The van der Waals surface area contributed by atoms with Gasteiger partial charge in [0.15, 0.2) is 10.6 Å². The van der Waals surface area contributed by atoms with Gasteiger partial charge in [0, 0.05) is 23.7 Å². The summed E-state index contributed by atoms with van der Waals surface area (Å²) in [6.45, 7) is 3.96. The Labute approximate surface area is 108 Å². The Kier molecular flexibility index (Phi) is 3.24. The standard InChI is InChI=1S/C11H12N4O2S/c1-7(2)14-10(12-13-11(14)18)8-4-3-5-9(6-8)15(16)17/h3-7H,1-2H3,(H,13,18). The Bertz CT molecular complexity index is 644. The van der Waals surface area contributed by atoms with Crippen LogP contribution >= 0.6 is 12.2 Å². The third-order valence-corrected chi connectivity index (χ3v) is 2.82. The third kappa shape index (κ3) is 2.17. The van der Waals surface area contributed by atoms with E-state index in [-0.39, 0.29) is 11.7 Å². The molecule has 0 saturated heterocycles. The molecule has 94 valence electrons. The lowest BCUT2D eigenvalue weighted by Crippen LogP contribution is -2.03. The van der Waals surface area contributed by atoms with Crippen molar-refractivity contribution >= 4 is 17.9 Å². The number of H-pyrrole nitrogens is 1. The molecule has 1 N–H and O–H groups in total. The third-order valence-electron chi connectivity index (χ3n) is 2.54. The smallest absolute Gasteiger partial charge is 0.270 e. The molecule has 0 aliphatic heterocycles. The van der Waals surface area contributed by atoms with Gasteiger partial charge in [0.2, 0.25) is 0 Å². The average molecular weight is 264 g/mol. The van der Waals surface area contributed by atoms with Gasteiger partial charge < -0.3 is 0 Å². The number of hydrogen-bond acceptors (Lipinski definition) is 4. The Morgan fingerprint density at radius 3 is 2.83 bits per heavy atom. The second-order valence-electron chi connectivity index (χ2n) is 4.12. The van der Waals surface area contributed by atoms with Crippen LogP contribution in [0, 0.1) is 14.9 Å². The zero-order chi connectivity index (χ0) is 13.3. The fraction of sp³-hybridized carbons (Fsp3) is 0.273. The van der Waals surface area contributed by atoms with Crippen molar-refractivity contribution in [1.29, 1.82) is 0 Å². The minimum Gasteiger partial charge on any atom is -0.298 e. The quantitative estimate of drug-likeness (QED) is 0.525. The molecule has 1 heterocycles. The molecule has 1 aromatic carbocycles. The van der Waals surface area contributed by atoms with Crippen molar-refractivity contribution in [2.24, 2.45) is 0 Å². The first-order chi connectivity index (χ1) is 8.50. The Balaban J connectivity index is 2.59. The van der Waals surface area contributed by atoms with Crippen molar-refractivity contribution in [1.82, 2.24) is 14.8 Å². The molecule has 1 aromatic heterocycles. The lowest BCUT2D eigenvalue weighted by atomic mass is 10.2. The van der Waals surface area contributed by atoms with Crippen LogP contribution in [0.5, 0.6) is 0 Å². The number of nitro benzene ring substituents is 1. The minimum absolute atomic E-state index is 0.0386. The van der Waals surface area contributed by atoms with E-state index in [9.17, 15) is 10.1 Å². The second kappa shape index (κ2) is 4.69. The van der Waals surface area contributed by atoms with Gasteiger partial charge in [0.25, 0.3) is 5.69 Å². The molecule has 0 bridgehead atoms. The van der Waals surface area contributed by atoms with Crippen LogP contribution in [0.2, 0.25) is 0 Å². The molecule has 0 spiro atoms. The van der Waals surface area contributed by atoms with Crippen LogP contribution in [0.1, 0.15) is 19.9 Å². The monoisotopic (exact) mass is 264 g/mol. The molecule has 7 heteroatoms. The molecular weight excluding hydrogens is 252 g/mol. The van der Waals surface area contributed by atoms with E-state index < -0.39 is 4.92 Å². The number of nitrogens with zero attached hydrogens (tertiary/aromatic N) is 3. The number of hydrogen-bond donors (Lipinski definition) is 1. The first-order valence-electron chi connectivity index (χ1n) is 5.42. The van der Waals surface area contributed by atoms with Crippen LogP contribution in [-0.4, -0.2) is 19.7 Å². The van der Waals surface area contributed by atoms with E-state index in [0.29, 0.717) is 16.2 Å². The average Bonchev–Trinajstić information content (AvgIpc) is 2.71. The fourth-order valence-corrected chi connectivity index (χ4v) is 2.09. The molecule has 0 saturated carbocycles. The predicted octanol–water partition coefficient (Wildman–Crippen LogP) is 3.10. The normalized spacial score (nSPS) is 10.8. The maximum absolute atomic E-state index is 10.8. The Morgan fingerprint density at radius 2 is 2.22 bits per heavy atom. The number of benzene rings is 1. The number of aromatic nitrogens is 3. The van der Waals surface area contributed by atoms with E-state index >= 15 is 0 Å². The molecular formula is C11H12N4O2S. The largest absolute Gasteiger partial charge is 0.298 e. The van der Waals surface area contributed by atoms with E-state index in [4.69, 9.17) is 12.2 Å². The number of nitrogens with one attached hydrogen (secondary N) is 1. The predicted molar refractivity (Wildman–Crippen MR) is 69.9 cm³/mol. The van der Waals surface area contributed by atoms with Crippen molar-refractivity contribution in [3.8, 4) is 11.4 Å². The van der Waals surface area contributed by atoms with Crippen LogP contribution in [0.25, 0.3) is 11.4 Å². The van der Waals surface area contributed by atoms with E-state index in [2.05, 4.69) is 10.2 Å². The second-order valence-corrected chi connectivity index (χ2v) is 4.51. The first kappa shape index (κ1) is 12.4. The Hall–Kier alpha value is -2.02. The Morgan fingerprint density at radius 1 is 1.50 bits per heavy atom. The van der Waals surface area contributed by atoms with Crippen molar-refractivity contribution in [2.75, 3.05) is 0 Å². The summed E-state index contributed by atoms with van der Waals surface area (Å²) in [7, 11) is 0. The summed E-state index contributed by atoms with van der Waals surface area (Å²) in [4.78, 5) is 10.3. The van der Waals surface area contributed by atoms with Crippen LogP contribution in [0.3, 0.4) is 0 Å². The van der Waals surface area contributed by atoms with Gasteiger partial charge in [0.1, 0.15) is 0 Å². The molecule has 0 radical (unpaired) electrons. The van der Waals surface area contributed by atoms with Gasteiger partial charge in [-0.1, -0.05) is 12.1 Å². The summed E-state index contributed by atoms with van der Waals surface area (Å²) >= 11 is 5.14. The van der Waals surface area contributed by atoms with Gasteiger partial charge in [-0.2, -0.15) is 5.10 Å². The molecule has 0 fully saturated rings. The van der Waals surface area contributed by atoms with Crippen LogP contribution in [0.4, 0.5) is 5.69 Å². The fourth-order valence-electron chi connectivity index (χ4n) is 1.75. The lowest BCUT2D eigenvalue weighted by Gasteiger charge is -2.09. The van der Waals surface area contributed by atoms with Gasteiger partial charge in [-0.25, -0.2) is 0 Å². The van der Waals surface area contributed by atoms with E-state index in [1.54, 1.807) is 12.1 Å². The maximum Gasteiger partial charge on any atom is 0.270 e. The highest BCUT2D eigenvalue weighted by Gasteiger charge is 2.14. The minimum atomic E-state index is -0.426. The lowest BCUT2D eigenvalue weighted by molar-refractivity contribution is -0.384. The first-order valence-corrected chi connectivity index (χ1v) is 5.83. The summed E-state index contributed by atoms with van der Waals surface area (Å²) in [6.07, 6.45) is 0. The number of aromatic amines is 1. The van der Waals surface area contributed by atoms with Crippen molar-refractivity contribution in [3.05, 3.63) is 39.2 Å². The van der Waals surface area contributed by atoms with Crippen molar-refractivity contribution in [3.63, 3.8) is 0 Å². The topological polar surface area (TPSA) is 76.8 Å². The summed E-state index contributed by atoms with van der Waals surface area (Å²) in [5.74, 6) is 0.610. The zero-order valence-electron chi connectivity index (χ0n) is 9.95. The molecule has 0 unspecified atom stereocenters. The molecule has 2 rings (SSSR count). The highest BCUT2D eigenvalue weighted by molar-refractivity contribution is 7.71.